The summed E-state index contributed by atoms with van der Waals surface area (Å²) in [6.07, 6.45) is 7.85. The van der Waals surface area contributed by atoms with Gasteiger partial charge in [0.2, 0.25) is 0 Å². The van der Waals surface area contributed by atoms with E-state index in [2.05, 4.69) is 23.2 Å². The van der Waals surface area contributed by atoms with Gasteiger partial charge in [-0.2, -0.15) is 0 Å². The number of benzene rings is 2. The Kier molecular flexibility index (Phi) is 6.69. The van der Waals surface area contributed by atoms with Crippen molar-refractivity contribution in [2.45, 2.75) is 13.3 Å². The number of nitrogens with zero attached hydrogens (tertiary/aromatic N) is 1. The van der Waals surface area contributed by atoms with Crippen molar-refractivity contribution in [1.82, 2.24) is 5.32 Å². The molecule has 0 aromatic heterocycles. The van der Waals surface area contributed by atoms with Gasteiger partial charge >= 0.3 is 0 Å². The predicted octanol–water partition coefficient (Wildman–Crippen LogP) is 5.46. The van der Waals surface area contributed by atoms with Crippen LogP contribution in [-0.2, 0) is 11.2 Å². The number of terminal acetylenes is 1. The molecular formula is C21H16Cl2N2O2S. The van der Waals surface area contributed by atoms with Crippen molar-refractivity contribution in [2.24, 2.45) is 4.99 Å². The molecule has 0 atom stereocenters. The second-order valence-corrected chi connectivity index (χ2v) is 7.65. The van der Waals surface area contributed by atoms with E-state index >= 15 is 0 Å². The van der Waals surface area contributed by atoms with E-state index in [-0.39, 0.29) is 12.5 Å². The maximum Gasteiger partial charge on any atom is 0.264 e. The van der Waals surface area contributed by atoms with Gasteiger partial charge in [-0.15, -0.1) is 6.42 Å². The topological polar surface area (TPSA) is 50.7 Å². The highest BCUT2D eigenvalue weighted by Crippen LogP contribution is 2.36. The number of aliphatic imine (C=N–C) groups is 1. The fourth-order valence-electron chi connectivity index (χ4n) is 2.47. The fraction of sp³-hybridized carbons (Fsp3) is 0.143. The van der Waals surface area contributed by atoms with Crippen LogP contribution in [0.4, 0.5) is 5.69 Å². The van der Waals surface area contributed by atoms with Gasteiger partial charge in [0.25, 0.3) is 5.91 Å². The van der Waals surface area contributed by atoms with E-state index in [0.717, 1.165) is 12.1 Å². The van der Waals surface area contributed by atoms with Crippen LogP contribution in [0.5, 0.6) is 5.75 Å². The predicted molar refractivity (Wildman–Crippen MR) is 117 cm³/mol. The zero-order valence-corrected chi connectivity index (χ0v) is 17.3. The van der Waals surface area contributed by atoms with Crippen LogP contribution >= 0.6 is 35.0 Å². The second-order valence-electron chi connectivity index (χ2n) is 5.81. The van der Waals surface area contributed by atoms with E-state index < -0.39 is 0 Å². The Morgan fingerprint density at radius 3 is 2.54 bits per heavy atom. The summed E-state index contributed by atoms with van der Waals surface area (Å²) in [4.78, 5) is 17.2. The molecule has 4 nitrogen and oxygen atoms in total. The third-order valence-electron chi connectivity index (χ3n) is 3.84. The number of carbonyl (C=O) groups is 1. The lowest BCUT2D eigenvalue weighted by atomic mass is 10.2. The molecule has 0 spiro atoms. The summed E-state index contributed by atoms with van der Waals surface area (Å²) >= 11 is 13.7. The minimum atomic E-state index is -0.228. The molecule has 7 heteroatoms. The summed E-state index contributed by atoms with van der Waals surface area (Å²) in [5.41, 5.74) is 2.69. The van der Waals surface area contributed by atoms with Crippen molar-refractivity contribution in [3.05, 3.63) is 62.5 Å². The Bertz CT molecular complexity index is 985. The number of halogens is 2. The Morgan fingerprint density at radius 2 is 1.93 bits per heavy atom. The number of amidine groups is 1. The van der Waals surface area contributed by atoms with E-state index in [1.807, 2.05) is 24.3 Å². The van der Waals surface area contributed by atoms with Crippen LogP contribution < -0.4 is 10.1 Å². The number of hydrogen-bond donors (Lipinski definition) is 1. The van der Waals surface area contributed by atoms with Crippen molar-refractivity contribution < 1.29 is 9.53 Å². The first kappa shape index (κ1) is 20.3. The van der Waals surface area contributed by atoms with Gasteiger partial charge in [0, 0.05) is 0 Å². The molecule has 1 amide bonds. The standard InChI is InChI=1S/C21H16Cl2N2O2S/c1-3-9-27-19-16(22)10-14(11-17(19)23)12-18-20(26)25-21(28-18)24-15-7-5-13(4-2)6-8-15/h1,5-8,10-12H,4,9H2,2H3,(H,24,25,26)/b18-12-. The van der Waals surface area contributed by atoms with Gasteiger partial charge in [0.15, 0.2) is 10.9 Å². The van der Waals surface area contributed by atoms with E-state index in [9.17, 15) is 4.79 Å². The lowest BCUT2D eigenvalue weighted by Crippen LogP contribution is -2.19. The van der Waals surface area contributed by atoms with Gasteiger partial charge < -0.3 is 10.1 Å². The number of rotatable bonds is 5. The molecular weight excluding hydrogens is 415 g/mol. The molecule has 3 rings (SSSR count). The van der Waals surface area contributed by atoms with Crippen LogP contribution in [0.15, 0.2) is 46.3 Å². The van der Waals surface area contributed by atoms with Crippen LogP contribution in [0, 0.1) is 12.3 Å². The smallest absolute Gasteiger partial charge is 0.264 e. The number of carbonyl (C=O) groups excluding carboxylic acids is 1. The highest BCUT2D eigenvalue weighted by atomic mass is 35.5. The fourth-order valence-corrected chi connectivity index (χ4v) is 3.92. The summed E-state index contributed by atoms with van der Waals surface area (Å²) in [6.45, 7) is 2.16. The second kappa shape index (κ2) is 9.20. The zero-order chi connectivity index (χ0) is 20.1. The lowest BCUT2D eigenvalue weighted by molar-refractivity contribution is -0.115. The molecule has 2 aromatic rings. The average molecular weight is 431 g/mol. The maximum atomic E-state index is 12.3. The number of amides is 1. The van der Waals surface area contributed by atoms with Crippen molar-refractivity contribution in [3.8, 4) is 18.1 Å². The third kappa shape index (κ3) is 4.90. The minimum absolute atomic E-state index is 0.0667. The van der Waals surface area contributed by atoms with Crippen molar-refractivity contribution in [3.63, 3.8) is 0 Å². The van der Waals surface area contributed by atoms with Crippen molar-refractivity contribution >= 4 is 57.8 Å². The number of thioether (sulfide) groups is 1. The van der Waals surface area contributed by atoms with Crippen LogP contribution in [0.25, 0.3) is 6.08 Å². The summed E-state index contributed by atoms with van der Waals surface area (Å²) in [6, 6.07) is 11.2. The molecule has 0 unspecified atom stereocenters. The molecule has 1 aliphatic heterocycles. The first-order valence-corrected chi connectivity index (χ1v) is 10.0. The van der Waals surface area contributed by atoms with E-state index in [4.69, 9.17) is 34.4 Å². The van der Waals surface area contributed by atoms with E-state index in [1.165, 1.54) is 17.3 Å². The summed E-state index contributed by atoms with van der Waals surface area (Å²) in [7, 11) is 0. The normalized spacial score (nSPS) is 16.3. The Hall–Kier alpha value is -2.39. The highest BCUT2D eigenvalue weighted by molar-refractivity contribution is 8.18. The first-order valence-electron chi connectivity index (χ1n) is 8.44. The maximum absolute atomic E-state index is 12.3. The summed E-state index contributed by atoms with van der Waals surface area (Å²) in [5.74, 6) is 2.46. The van der Waals surface area contributed by atoms with Gasteiger partial charge in [-0.25, -0.2) is 4.99 Å². The van der Waals surface area contributed by atoms with Gasteiger partial charge in [-0.3, -0.25) is 4.79 Å². The Balaban J connectivity index is 1.80. The first-order chi connectivity index (χ1) is 13.5. The third-order valence-corrected chi connectivity index (χ3v) is 5.32. The lowest BCUT2D eigenvalue weighted by Gasteiger charge is -2.08. The van der Waals surface area contributed by atoms with Gasteiger partial charge in [0.1, 0.15) is 6.61 Å². The molecule has 0 bridgehead atoms. The van der Waals surface area contributed by atoms with Crippen molar-refractivity contribution in [1.29, 1.82) is 0 Å². The number of ether oxygens (including phenoxy) is 1. The largest absolute Gasteiger partial charge is 0.478 e. The molecule has 0 saturated carbocycles. The molecule has 1 aliphatic rings. The van der Waals surface area contributed by atoms with Gasteiger partial charge in [0.05, 0.1) is 20.6 Å². The Morgan fingerprint density at radius 1 is 1.25 bits per heavy atom. The summed E-state index contributed by atoms with van der Waals surface area (Å²) in [5, 5.41) is 3.93. The van der Waals surface area contributed by atoms with Gasteiger partial charge in [-0.05, 0) is 59.7 Å². The van der Waals surface area contributed by atoms with E-state index in [1.54, 1.807) is 18.2 Å². The SMILES string of the molecule is C#CCOc1c(Cl)cc(/C=C2\SC(=Nc3ccc(CC)cc3)NC2=O)cc1Cl. The molecule has 0 radical (unpaired) electrons. The van der Waals surface area contributed by atoms with Crippen LogP contribution in [-0.4, -0.2) is 17.7 Å². The number of hydrogen-bond acceptors (Lipinski definition) is 4. The zero-order valence-electron chi connectivity index (χ0n) is 15.0. The molecule has 142 valence electrons. The van der Waals surface area contributed by atoms with Crippen LogP contribution in [0.1, 0.15) is 18.1 Å². The molecule has 1 heterocycles. The molecule has 1 fully saturated rings. The molecule has 2 aromatic carbocycles. The van der Waals surface area contributed by atoms with Gasteiger partial charge in [-0.1, -0.05) is 48.2 Å². The molecule has 1 saturated heterocycles. The average Bonchev–Trinajstić information content (AvgIpc) is 3.00. The molecule has 28 heavy (non-hydrogen) atoms. The van der Waals surface area contributed by atoms with Crippen LogP contribution in [0.3, 0.4) is 0 Å². The number of nitrogens with one attached hydrogen (secondary N) is 1. The monoisotopic (exact) mass is 430 g/mol. The minimum Gasteiger partial charge on any atom is -0.478 e. The van der Waals surface area contributed by atoms with Crippen molar-refractivity contribution in [2.75, 3.05) is 6.61 Å². The highest BCUT2D eigenvalue weighted by Gasteiger charge is 2.24. The Labute approximate surface area is 178 Å². The van der Waals surface area contributed by atoms with E-state index in [0.29, 0.717) is 31.4 Å². The summed E-state index contributed by atoms with van der Waals surface area (Å²) < 4.78 is 5.34. The molecule has 1 N–H and O–H groups in total. The van der Waals surface area contributed by atoms with Crippen LogP contribution in [0.2, 0.25) is 10.0 Å². The molecule has 0 aliphatic carbocycles. The number of aryl methyl sites for hydroxylation is 1. The quantitative estimate of drug-likeness (QED) is 0.505.